The van der Waals surface area contributed by atoms with E-state index in [4.69, 9.17) is 20.9 Å². The molecule has 11 N–H and O–H groups in total. The molecule has 2 aliphatic rings. The monoisotopic (exact) mass is 759 g/mol. The highest BCUT2D eigenvalue weighted by Gasteiger charge is 2.50. The summed E-state index contributed by atoms with van der Waals surface area (Å²) in [6, 6.07) is 0.937. The van der Waals surface area contributed by atoms with Crippen LogP contribution < -0.4 is 16.9 Å². The lowest BCUT2D eigenvalue weighted by Crippen LogP contribution is -2.35. The highest BCUT2D eigenvalue weighted by Crippen LogP contribution is 2.61. The van der Waals surface area contributed by atoms with Crippen molar-refractivity contribution in [2.45, 2.75) is 49.1 Å². The number of carbonyl (C=O) groups is 1. The second kappa shape index (κ2) is 13.9. The fourth-order valence-electron chi connectivity index (χ4n) is 4.88. The second-order valence-electron chi connectivity index (χ2n) is 10.4. The van der Waals surface area contributed by atoms with Crippen LogP contribution in [-0.2, 0) is 41.1 Å². The van der Waals surface area contributed by atoms with Crippen LogP contribution in [0.5, 0.6) is 0 Å². The number of phosphoric acid groups is 3. The number of imidazole rings is 1. The van der Waals surface area contributed by atoms with Gasteiger partial charge in [-0.1, -0.05) is 0 Å². The Labute approximate surface area is 272 Å². The Balaban J connectivity index is 1.21. The summed E-state index contributed by atoms with van der Waals surface area (Å²) >= 11 is 0. The van der Waals surface area contributed by atoms with Crippen molar-refractivity contribution in [2.75, 3.05) is 18.9 Å². The molecule has 0 saturated carbocycles. The van der Waals surface area contributed by atoms with E-state index in [0.717, 1.165) is 40.2 Å². The zero-order valence-corrected chi connectivity index (χ0v) is 27.0. The number of hydrogen-bond donors (Lipinski definition) is 9. The van der Waals surface area contributed by atoms with Crippen molar-refractivity contribution in [3.05, 3.63) is 46.9 Å². The van der Waals surface area contributed by atoms with Crippen LogP contribution in [0.25, 0.3) is 11.2 Å². The molecule has 2 saturated heterocycles. The number of amides is 1. The molecule has 2 fully saturated rings. The first-order valence-corrected chi connectivity index (χ1v) is 18.0. The summed E-state index contributed by atoms with van der Waals surface area (Å²) in [4.78, 5) is 74.0. The second-order valence-corrected chi connectivity index (χ2v) is 14.6. The Hall–Kier alpha value is -3.06. The molecule has 0 spiro atoms. The molecule has 5 heterocycles. The van der Waals surface area contributed by atoms with E-state index in [0.29, 0.717) is 0 Å². The highest BCUT2D eigenvalue weighted by atomic mass is 31.3. The van der Waals surface area contributed by atoms with Crippen LogP contribution in [0.3, 0.4) is 0 Å². The van der Waals surface area contributed by atoms with Crippen molar-refractivity contribution in [1.82, 2.24) is 24.1 Å². The molecule has 0 aromatic carbocycles. The molecular formula is C21H28N7O18P3. The van der Waals surface area contributed by atoms with Gasteiger partial charge in [-0.3, -0.25) is 27.7 Å². The summed E-state index contributed by atoms with van der Waals surface area (Å²) in [5.74, 6) is -1.15. The number of aliphatic hydroxyl groups is 3. The topological polar surface area (TPSA) is 383 Å². The molecule has 3 aromatic rings. The Morgan fingerprint density at radius 1 is 0.918 bits per heavy atom. The predicted octanol–water partition coefficient (Wildman–Crippen LogP) is -3.02. The lowest BCUT2D eigenvalue weighted by Gasteiger charge is -2.22. The maximum atomic E-state index is 12.6. The first kappa shape index (κ1) is 37.2. The number of aromatic nitrogens is 5. The van der Waals surface area contributed by atoms with E-state index in [9.17, 15) is 58.2 Å². The molecule has 0 radical (unpaired) electrons. The van der Waals surface area contributed by atoms with Crippen molar-refractivity contribution >= 4 is 46.4 Å². The molecule has 5 rings (SSSR count). The molecule has 10 atom stereocenters. The van der Waals surface area contributed by atoms with Gasteiger partial charge in [0.15, 0.2) is 29.3 Å². The number of aliphatic hydroxyl groups excluding tert-OH is 3. The molecule has 2 aliphatic heterocycles. The molecule has 10 unspecified atom stereocenters. The number of nitrogen functional groups attached to an aromatic ring is 1. The third kappa shape index (κ3) is 8.30. The molecule has 28 heteroatoms. The number of carbonyl (C=O) groups excluding carboxylic acids is 1. The quantitative estimate of drug-likeness (QED) is 0.0783. The number of pyridine rings is 1. The molecule has 25 nitrogen and oxygen atoms in total. The van der Waals surface area contributed by atoms with Gasteiger partial charge in [0, 0.05) is 18.5 Å². The van der Waals surface area contributed by atoms with Gasteiger partial charge in [0.25, 0.3) is 5.91 Å². The molecule has 270 valence electrons. The average Bonchev–Trinajstić information content (AvgIpc) is 3.64. The van der Waals surface area contributed by atoms with Gasteiger partial charge in [0.05, 0.1) is 19.5 Å². The van der Waals surface area contributed by atoms with Gasteiger partial charge >= 0.3 is 23.5 Å². The van der Waals surface area contributed by atoms with Gasteiger partial charge in [-0.15, -0.1) is 0 Å². The number of ether oxygens (including phenoxy) is 2. The van der Waals surface area contributed by atoms with Gasteiger partial charge in [-0.2, -0.15) is 4.31 Å². The van der Waals surface area contributed by atoms with Gasteiger partial charge in [-0.25, -0.2) is 28.6 Å². The minimum absolute atomic E-state index is 0.00955. The average molecular weight is 759 g/mol. The van der Waals surface area contributed by atoms with Crippen molar-refractivity contribution in [2.24, 2.45) is 5.73 Å². The first-order chi connectivity index (χ1) is 22.8. The number of nitrogens with zero attached hydrogens (tertiary/aromatic N) is 5. The summed E-state index contributed by atoms with van der Waals surface area (Å²) in [5, 5.41) is 31.5. The molecule has 0 aliphatic carbocycles. The van der Waals surface area contributed by atoms with Gasteiger partial charge < -0.3 is 60.4 Å². The van der Waals surface area contributed by atoms with Crippen LogP contribution in [0.15, 0.2) is 35.9 Å². The molecule has 1 amide bonds. The van der Waals surface area contributed by atoms with Gasteiger partial charge in [0.2, 0.25) is 0 Å². The van der Waals surface area contributed by atoms with Crippen molar-refractivity contribution in [3.63, 3.8) is 0 Å². The maximum absolute atomic E-state index is 12.6. The number of anilines is 1. The Morgan fingerprint density at radius 2 is 1.53 bits per heavy atom. The minimum atomic E-state index is -5.56. The minimum Gasteiger partial charge on any atom is -0.387 e. The Morgan fingerprint density at radius 3 is 2.14 bits per heavy atom. The normalized spacial score (nSPS) is 29.9. The standard InChI is InChI=1S/C21H28N7O18P3/c22-17-12-19(25-6-24-17)28(7-26-12)21-16(45-47(34,35)36)14(31)11(44-21)5-42-49(39,40)46-48(37,38)41-4-10-13(30)15(32)20(43-10)27-2-1-9(29)8(3-27)18(23)33/h1-3,6-7,10-11,13-16,20-21,30-32H,4-5H2,(H2,23,33)(H,37,38)(H,39,40)(H2,22,24,25)(H2,34,35,36). The highest BCUT2D eigenvalue weighted by molar-refractivity contribution is 7.61. The van der Waals surface area contributed by atoms with Crippen LogP contribution in [0, 0.1) is 0 Å². The Kier molecular flexibility index (Phi) is 10.6. The molecular weight excluding hydrogens is 731 g/mol. The number of fused-ring (bicyclic) bond motifs is 1. The third-order valence-corrected chi connectivity index (χ3v) is 10.2. The largest absolute Gasteiger partial charge is 0.481 e. The SMILES string of the molecule is NC(=O)c1cn(C2OC(COP(=O)(O)OP(=O)(O)OCC3OC(n4cnc5c(N)ncnc54)C(OP(=O)(O)O)C3O)C(O)C2O)ccc1=O. The van der Waals surface area contributed by atoms with E-state index in [1.165, 1.54) is 0 Å². The smallest absolute Gasteiger partial charge is 0.387 e. The third-order valence-electron chi connectivity index (χ3n) is 7.08. The summed E-state index contributed by atoms with van der Waals surface area (Å²) in [6.07, 6.45) is -9.44. The van der Waals surface area contributed by atoms with Crippen LogP contribution in [0.2, 0.25) is 0 Å². The zero-order valence-electron chi connectivity index (χ0n) is 24.3. The number of primary amides is 1. The van der Waals surface area contributed by atoms with E-state index >= 15 is 0 Å². The van der Waals surface area contributed by atoms with E-state index in [1.54, 1.807) is 0 Å². The maximum Gasteiger partial charge on any atom is 0.481 e. The number of phosphoric ester groups is 3. The molecule has 49 heavy (non-hydrogen) atoms. The van der Waals surface area contributed by atoms with Gasteiger partial charge in [0.1, 0.15) is 54.0 Å². The zero-order chi connectivity index (χ0) is 36.1. The fourth-order valence-corrected chi connectivity index (χ4v) is 7.51. The summed E-state index contributed by atoms with van der Waals surface area (Å²) in [7, 11) is -16.4. The number of rotatable bonds is 13. The van der Waals surface area contributed by atoms with Crippen LogP contribution in [0.4, 0.5) is 5.82 Å². The first-order valence-electron chi connectivity index (χ1n) is 13.5. The lowest BCUT2D eigenvalue weighted by molar-refractivity contribution is -0.0540. The van der Waals surface area contributed by atoms with E-state index in [2.05, 4.69) is 32.8 Å². The van der Waals surface area contributed by atoms with Crippen LogP contribution >= 0.6 is 23.5 Å². The van der Waals surface area contributed by atoms with Crippen molar-refractivity contribution in [3.8, 4) is 0 Å². The van der Waals surface area contributed by atoms with E-state index in [-0.39, 0.29) is 17.0 Å². The summed E-state index contributed by atoms with van der Waals surface area (Å²) < 4.78 is 68.0. The van der Waals surface area contributed by atoms with Gasteiger partial charge in [-0.05, 0) is 0 Å². The number of nitrogens with two attached hydrogens (primary N) is 2. The molecule has 0 bridgehead atoms. The fraction of sp³-hybridized carbons (Fsp3) is 0.476. The summed E-state index contributed by atoms with van der Waals surface area (Å²) in [6.45, 7) is -2.12. The van der Waals surface area contributed by atoms with E-state index < -0.39 is 103 Å². The van der Waals surface area contributed by atoms with Crippen LogP contribution in [0.1, 0.15) is 22.8 Å². The lowest BCUT2D eigenvalue weighted by atomic mass is 10.1. The molecule has 3 aromatic heterocycles. The summed E-state index contributed by atoms with van der Waals surface area (Å²) in [5.41, 5.74) is 9.73. The Bertz CT molecular complexity index is 1920. The number of hydrogen-bond acceptors (Lipinski definition) is 18. The van der Waals surface area contributed by atoms with Crippen LogP contribution in [-0.4, -0.2) is 115 Å². The van der Waals surface area contributed by atoms with E-state index in [1.807, 2.05) is 0 Å². The van der Waals surface area contributed by atoms with Crippen molar-refractivity contribution in [1.29, 1.82) is 0 Å². The predicted molar refractivity (Wildman–Crippen MR) is 154 cm³/mol. The van der Waals surface area contributed by atoms with Crippen molar-refractivity contribution < 1.29 is 80.7 Å².